The first-order valence-corrected chi connectivity index (χ1v) is 5.28. The van der Waals surface area contributed by atoms with Crippen LogP contribution in [0.3, 0.4) is 0 Å². The zero-order chi connectivity index (χ0) is 11.0. The lowest BCUT2D eigenvalue weighted by Gasteiger charge is -2.22. The van der Waals surface area contributed by atoms with Gasteiger partial charge in [0.25, 0.3) is 0 Å². The van der Waals surface area contributed by atoms with Gasteiger partial charge in [-0.25, -0.2) is 4.79 Å². The highest BCUT2D eigenvalue weighted by Crippen LogP contribution is 2.44. The van der Waals surface area contributed by atoms with Gasteiger partial charge in [0, 0.05) is 12.6 Å². The number of carbonyl (C=O) groups is 2. The summed E-state index contributed by atoms with van der Waals surface area (Å²) in [4.78, 5) is 24.7. The van der Waals surface area contributed by atoms with Crippen LogP contribution in [0, 0.1) is 5.92 Å². The van der Waals surface area contributed by atoms with Crippen molar-refractivity contribution in [1.29, 1.82) is 0 Å². The van der Waals surface area contributed by atoms with Gasteiger partial charge in [0.1, 0.15) is 6.04 Å². The number of methoxy groups -OCH3 is 1. The Bertz CT molecular complexity index is 292. The topological polar surface area (TPSA) is 58.6 Å². The second-order valence-electron chi connectivity index (χ2n) is 4.24. The van der Waals surface area contributed by atoms with Crippen LogP contribution in [0.15, 0.2) is 0 Å². The molecular weight excluding hydrogens is 196 g/mol. The predicted octanol–water partition coefficient (Wildman–Crippen LogP) is 0.352. The van der Waals surface area contributed by atoms with E-state index in [2.05, 4.69) is 10.1 Å². The molecule has 0 aromatic carbocycles. The van der Waals surface area contributed by atoms with Crippen molar-refractivity contribution in [1.82, 2.24) is 10.2 Å². The van der Waals surface area contributed by atoms with E-state index in [1.807, 2.05) is 4.90 Å². The van der Waals surface area contributed by atoms with Gasteiger partial charge in [-0.2, -0.15) is 0 Å². The SMILES string of the molecule is COC(=O)NC(C)C(=O)N1CCC2CC21. The Morgan fingerprint density at radius 3 is 2.73 bits per heavy atom. The Morgan fingerprint density at radius 2 is 2.27 bits per heavy atom. The fourth-order valence-corrected chi connectivity index (χ4v) is 2.21. The monoisotopic (exact) mass is 212 g/mol. The lowest BCUT2D eigenvalue weighted by Crippen LogP contribution is -2.46. The molecule has 3 unspecified atom stereocenters. The Morgan fingerprint density at radius 1 is 1.53 bits per heavy atom. The average Bonchev–Trinajstić information content (AvgIpc) is 2.89. The van der Waals surface area contributed by atoms with E-state index in [0.29, 0.717) is 6.04 Å². The summed E-state index contributed by atoms with van der Waals surface area (Å²) in [7, 11) is 1.29. The fraction of sp³-hybridized carbons (Fsp3) is 0.800. The van der Waals surface area contributed by atoms with Crippen molar-refractivity contribution in [2.24, 2.45) is 5.92 Å². The van der Waals surface area contributed by atoms with Crippen molar-refractivity contribution >= 4 is 12.0 Å². The molecule has 3 atom stereocenters. The molecular formula is C10H16N2O3. The van der Waals surface area contributed by atoms with Crippen molar-refractivity contribution < 1.29 is 14.3 Å². The average molecular weight is 212 g/mol. The van der Waals surface area contributed by atoms with Crippen molar-refractivity contribution in [2.45, 2.75) is 31.8 Å². The van der Waals surface area contributed by atoms with E-state index < -0.39 is 12.1 Å². The van der Waals surface area contributed by atoms with Crippen molar-refractivity contribution in [2.75, 3.05) is 13.7 Å². The van der Waals surface area contributed by atoms with Gasteiger partial charge in [0.05, 0.1) is 7.11 Å². The molecule has 0 bridgehead atoms. The summed E-state index contributed by atoms with van der Waals surface area (Å²) in [5.74, 6) is 0.727. The highest BCUT2D eigenvalue weighted by molar-refractivity contribution is 5.86. The second kappa shape index (κ2) is 3.72. The summed E-state index contributed by atoms with van der Waals surface area (Å²) in [5.41, 5.74) is 0. The van der Waals surface area contributed by atoms with E-state index in [1.165, 1.54) is 7.11 Å². The van der Waals surface area contributed by atoms with Gasteiger partial charge in [-0.1, -0.05) is 0 Å². The van der Waals surface area contributed by atoms with Crippen LogP contribution in [0.4, 0.5) is 4.79 Å². The van der Waals surface area contributed by atoms with E-state index in [0.717, 1.165) is 25.3 Å². The zero-order valence-corrected chi connectivity index (χ0v) is 9.03. The van der Waals surface area contributed by atoms with E-state index in [-0.39, 0.29) is 5.91 Å². The molecule has 2 fully saturated rings. The van der Waals surface area contributed by atoms with Gasteiger partial charge >= 0.3 is 6.09 Å². The molecule has 0 radical (unpaired) electrons. The number of nitrogens with zero attached hydrogens (tertiary/aromatic N) is 1. The number of rotatable bonds is 2. The zero-order valence-electron chi connectivity index (χ0n) is 9.03. The molecule has 1 saturated carbocycles. The van der Waals surface area contributed by atoms with Gasteiger partial charge in [0.2, 0.25) is 5.91 Å². The molecule has 15 heavy (non-hydrogen) atoms. The lowest BCUT2D eigenvalue weighted by atomic mass is 10.3. The number of hydrogen-bond acceptors (Lipinski definition) is 3. The molecule has 2 amide bonds. The number of alkyl carbamates (subject to hydrolysis) is 1. The number of carbonyl (C=O) groups excluding carboxylic acids is 2. The Hall–Kier alpha value is -1.26. The first kappa shape index (κ1) is 10.3. The van der Waals surface area contributed by atoms with Gasteiger partial charge in [-0.3, -0.25) is 4.79 Å². The van der Waals surface area contributed by atoms with Crippen LogP contribution in [0.1, 0.15) is 19.8 Å². The van der Waals surface area contributed by atoms with Crippen molar-refractivity contribution in [3.63, 3.8) is 0 Å². The molecule has 1 saturated heterocycles. The highest BCUT2D eigenvalue weighted by Gasteiger charge is 2.49. The molecule has 1 heterocycles. The smallest absolute Gasteiger partial charge is 0.407 e. The van der Waals surface area contributed by atoms with Gasteiger partial charge in [-0.05, 0) is 25.7 Å². The predicted molar refractivity (Wildman–Crippen MR) is 53.2 cm³/mol. The number of amides is 2. The minimum atomic E-state index is -0.553. The lowest BCUT2D eigenvalue weighted by molar-refractivity contribution is -0.132. The second-order valence-corrected chi connectivity index (χ2v) is 4.24. The van der Waals surface area contributed by atoms with Crippen LogP contribution >= 0.6 is 0 Å². The highest BCUT2D eigenvalue weighted by atomic mass is 16.5. The third-order valence-corrected chi connectivity index (χ3v) is 3.20. The molecule has 84 valence electrons. The van der Waals surface area contributed by atoms with E-state index in [4.69, 9.17) is 0 Å². The number of fused-ring (bicyclic) bond motifs is 1. The number of hydrogen-bond donors (Lipinski definition) is 1. The Balaban J connectivity index is 1.87. The van der Waals surface area contributed by atoms with Crippen LogP contribution in [0.25, 0.3) is 0 Å². The van der Waals surface area contributed by atoms with Crippen LogP contribution in [-0.2, 0) is 9.53 Å². The molecule has 0 aromatic rings. The van der Waals surface area contributed by atoms with E-state index >= 15 is 0 Å². The Labute approximate surface area is 88.8 Å². The third kappa shape index (κ3) is 1.91. The fourth-order valence-electron chi connectivity index (χ4n) is 2.21. The molecule has 0 spiro atoms. The molecule has 2 rings (SSSR count). The number of nitrogens with one attached hydrogen (secondary N) is 1. The summed E-state index contributed by atoms with van der Waals surface area (Å²) in [5, 5.41) is 2.49. The van der Waals surface area contributed by atoms with E-state index in [1.54, 1.807) is 6.92 Å². The summed E-state index contributed by atoms with van der Waals surface area (Å²) in [6, 6.07) is -0.0452. The molecule has 0 aromatic heterocycles. The summed E-state index contributed by atoms with van der Waals surface area (Å²) >= 11 is 0. The molecule has 2 aliphatic rings. The van der Waals surface area contributed by atoms with Gasteiger partial charge in [-0.15, -0.1) is 0 Å². The number of ether oxygens (including phenoxy) is 1. The number of piperidine rings is 1. The maximum Gasteiger partial charge on any atom is 0.407 e. The molecule has 1 aliphatic carbocycles. The van der Waals surface area contributed by atoms with Gasteiger partial charge < -0.3 is 15.0 Å². The molecule has 1 aliphatic heterocycles. The first-order valence-electron chi connectivity index (χ1n) is 5.28. The minimum absolute atomic E-state index is 0.00500. The normalized spacial score (nSPS) is 29.3. The van der Waals surface area contributed by atoms with Gasteiger partial charge in [0.15, 0.2) is 0 Å². The minimum Gasteiger partial charge on any atom is -0.453 e. The maximum atomic E-state index is 11.9. The summed E-state index contributed by atoms with van der Waals surface area (Å²) in [6.45, 7) is 2.52. The largest absolute Gasteiger partial charge is 0.453 e. The van der Waals surface area contributed by atoms with Crippen molar-refractivity contribution in [3.05, 3.63) is 0 Å². The standard InChI is InChI=1S/C10H16N2O3/c1-6(11-10(14)15-2)9(13)12-4-3-7-5-8(7)12/h6-8H,3-5H2,1-2H3,(H,11,14). The summed E-state index contributed by atoms with van der Waals surface area (Å²) < 4.78 is 4.45. The molecule has 1 N–H and O–H groups in total. The van der Waals surface area contributed by atoms with Crippen LogP contribution < -0.4 is 5.32 Å². The quantitative estimate of drug-likeness (QED) is 0.718. The van der Waals surface area contributed by atoms with Crippen molar-refractivity contribution in [3.8, 4) is 0 Å². The van der Waals surface area contributed by atoms with Crippen LogP contribution in [0.5, 0.6) is 0 Å². The Kier molecular flexibility index (Phi) is 2.54. The summed E-state index contributed by atoms with van der Waals surface area (Å²) in [6.07, 6.45) is 1.69. The first-order chi connectivity index (χ1) is 7.13. The van der Waals surface area contributed by atoms with E-state index in [9.17, 15) is 9.59 Å². The van der Waals surface area contributed by atoms with Crippen LogP contribution in [-0.4, -0.2) is 42.6 Å². The molecule has 5 nitrogen and oxygen atoms in total. The van der Waals surface area contributed by atoms with Crippen LogP contribution in [0.2, 0.25) is 0 Å². The molecule has 5 heteroatoms. The maximum absolute atomic E-state index is 11.9. The third-order valence-electron chi connectivity index (χ3n) is 3.20. The number of likely N-dealkylation sites (tertiary alicyclic amines) is 1.